The van der Waals surface area contributed by atoms with Crippen molar-refractivity contribution in [3.8, 4) is 0 Å². The van der Waals surface area contributed by atoms with Gasteiger partial charge in [-0.1, -0.05) is 12.1 Å². The number of halogens is 2. The molecular formula is C16H22ClFN2O. The number of benzene rings is 1. The topological polar surface area (TPSA) is 41.1 Å². The molecule has 1 aliphatic carbocycles. The van der Waals surface area contributed by atoms with Crippen LogP contribution in [-0.4, -0.2) is 25.5 Å². The summed E-state index contributed by atoms with van der Waals surface area (Å²) < 4.78 is 13.0. The third kappa shape index (κ3) is 3.55. The van der Waals surface area contributed by atoms with Crippen molar-refractivity contribution in [1.82, 2.24) is 10.6 Å². The Balaban J connectivity index is 0.00000161. The van der Waals surface area contributed by atoms with Crippen LogP contribution in [0.2, 0.25) is 0 Å². The lowest BCUT2D eigenvalue weighted by Crippen LogP contribution is -2.36. The molecule has 1 aromatic carbocycles. The molecule has 0 aromatic heterocycles. The van der Waals surface area contributed by atoms with E-state index in [0.717, 1.165) is 44.5 Å². The Morgan fingerprint density at radius 2 is 2.05 bits per heavy atom. The molecule has 1 aliphatic heterocycles. The molecule has 5 heteroatoms. The summed E-state index contributed by atoms with van der Waals surface area (Å²) >= 11 is 0. The molecule has 0 spiro atoms. The monoisotopic (exact) mass is 312 g/mol. The first-order chi connectivity index (χ1) is 9.71. The Bertz CT molecular complexity index is 482. The van der Waals surface area contributed by atoms with E-state index in [2.05, 4.69) is 10.6 Å². The quantitative estimate of drug-likeness (QED) is 0.876. The van der Waals surface area contributed by atoms with Gasteiger partial charge in [-0.05, 0) is 62.4 Å². The molecule has 21 heavy (non-hydrogen) atoms. The average molecular weight is 313 g/mol. The SMILES string of the molecule is Cl.O=C(NCCC1CCNC1)C1(c2ccc(F)cc2)CC1. The van der Waals surface area contributed by atoms with Crippen LogP contribution in [-0.2, 0) is 10.2 Å². The van der Waals surface area contributed by atoms with E-state index in [-0.39, 0.29) is 29.5 Å². The molecule has 116 valence electrons. The van der Waals surface area contributed by atoms with Crippen LogP contribution in [0.25, 0.3) is 0 Å². The van der Waals surface area contributed by atoms with Crippen molar-refractivity contribution in [2.45, 2.75) is 31.1 Å². The second-order valence-corrected chi connectivity index (χ2v) is 5.99. The smallest absolute Gasteiger partial charge is 0.230 e. The van der Waals surface area contributed by atoms with Crippen molar-refractivity contribution in [2.75, 3.05) is 19.6 Å². The normalized spacial score (nSPS) is 22.4. The summed E-state index contributed by atoms with van der Waals surface area (Å²) in [5, 5.41) is 6.40. The summed E-state index contributed by atoms with van der Waals surface area (Å²) in [6.07, 6.45) is 3.99. The van der Waals surface area contributed by atoms with Crippen LogP contribution >= 0.6 is 12.4 Å². The van der Waals surface area contributed by atoms with E-state index in [1.165, 1.54) is 18.6 Å². The van der Waals surface area contributed by atoms with Gasteiger partial charge in [-0.2, -0.15) is 0 Å². The molecule has 3 nitrogen and oxygen atoms in total. The fraction of sp³-hybridized carbons (Fsp3) is 0.562. The largest absolute Gasteiger partial charge is 0.355 e. The fourth-order valence-corrected chi connectivity index (χ4v) is 3.06. The number of carbonyl (C=O) groups is 1. The Morgan fingerprint density at radius 3 is 2.62 bits per heavy atom. The highest BCUT2D eigenvalue weighted by Gasteiger charge is 2.51. The third-order valence-corrected chi connectivity index (χ3v) is 4.58. The fourth-order valence-electron chi connectivity index (χ4n) is 3.06. The maximum Gasteiger partial charge on any atom is 0.230 e. The number of hydrogen-bond donors (Lipinski definition) is 2. The van der Waals surface area contributed by atoms with Gasteiger partial charge in [0.2, 0.25) is 5.91 Å². The molecule has 1 atom stereocenters. The number of rotatable bonds is 5. The Kier molecular flexibility index (Phi) is 5.22. The van der Waals surface area contributed by atoms with Gasteiger partial charge in [-0.15, -0.1) is 12.4 Å². The van der Waals surface area contributed by atoms with Gasteiger partial charge >= 0.3 is 0 Å². The summed E-state index contributed by atoms with van der Waals surface area (Å²) in [5.74, 6) is 0.546. The lowest BCUT2D eigenvalue weighted by atomic mass is 9.94. The Morgan fingerprint density at radius 1 is 1.33 bits per heavy atom. The molecule has 1 heterocycles. The third-order valence-electron chi connectivity index (χ3n) is 4.58. The van der Waals surface area contributed by atoms with E-state index in [0.29, 0.717) is 5.92 Å². The van der Waals surface area contributed by atoms with Gasteiger partial charge in [0.05, 0.1) is 5.41 Å². The first-order valence-corrected chi connectivity index (χ1v) is 7.46. The molecule has 1 aromatic rings. The van der Waals surface area contributed by atoms with Gasteiger partial charge in [0.1, 0.15) is 5.82 Å². The summed E-state index contributed by atoms with van der Waals surface area (Å²) in [6.45, 7) is 2.91. The van der Waals surface area contributed by atoms with Crippen LogP contribution in [0, 0.1) is 11.7 Å². The molecule has 2 aliphatic rings. The minimum absolute atomic E-state index is 0. The molecule has 1 saturated carbocycles. The molecule has 0 bridgehead atoms. The standard InChI is InChI=1S/C16H21FN2O.ClH/c17-14-3-1-13(2-4-14)16(7-8-16)15(20)19-10-6-12-5-9-18-11-12;/h1-4,12,18H,5-11H2,(H,19,20);1H. The predicted molar refractivity (Wildman–Crippen MR) is 83.2 cm³/mol. The van der Waals surface area contributed by atoms with Crippen LogP contribution in [0.1, 0.15) is 31.2 Å². The van der Waals surface area contributed by atoms with E-state index >= 15 is 0 Å². The van der Waals surface area contributed by atoms with Crippen LogP contribution in [0.5, 0.6) is 0 Å². The van der Waals surface area contributed by atoms with Crippen LogP contribution < -0.4 is 10.6 Å². The predicted octanol–water partition coefficient (Wildman–Crippen LogP) is 2.39. The highest BCUT2D eigenvalue weighted by Crippen LogP contribution is 2.48. The molecule has 1 saturated heterocycles. The van der Waals surface area contributed by atoms with Crippen molar-refractivity contribution >= 4 is 18.3 Å². The van der Waals surface area contributed by atoms with E-state index < -0.39 is 0 Å². The minimum atomic E-state index is -0.387. The van der Waals surface area contributed by atoms with Crippen molar-refractivity contribution in [3.05, 3.63) is 35.6 Å². The maximum absolute atomic E-state index is 13.0. The zero-order valence-corrected chi connectivity index (χ0v) is 12.8. The molecule has 1 unspecified atom stereocenters. The second kappa shape index (κ2) is 6.75. The van der Waals surface area contributed by atoms with Gasteiger partial charge < -0.3 is 10.6 Å². The summed E-state index contributed by atoms with van der Waals surface area (Å²) in [4.78, 5) is 12.4. The second-order valence-electron chi connectivity index (χ2n) is 5.99. The minimum Gasteiger partial charge on any atom is -0.355 e. The molecule has 1 amide bonds. The van der Waals surface area contributed by atoms with Crippen molar-refractivity contribution < 1.29 is 9.18 Å². The van der Waals surface area contributed by atoms with E-state index in [9.17, 15) is 9.18 Å². The average Bonchev–Trinajstić information content (AvgIpc) is 3.10. The number of carbonyl (C=O) groups excluding carboxylic acids is 1. The summed E-state index contributed by atoms with van der Waals surface area (Å²) in [5.41, 5.74) is 0.556. The maximum atomic E-state index is 13.0. The first kappa shape index (κ1) is 16.2. The molecular weight excluding hydrogens is 291 g/mol. The molecule has 3 rings (SSSR count). The van der Waals surface area contributed by atoms with Gasteiger partial charge in [-0.3, -0.25) is 4.79 Å². The van der Waals surface area contributed by atoms with Gasteiger partial charge in [0.25, 0.3) is 0 Å². The number of nitrogens with one attached hydrogen (secondary N) is 2. The van der Waals surface area contributed by atoms with Crippen LogP contribution in [0.4, 0.5) is 4.39 Å². The molecule has 0 radical (unpaired) electrons. The summed E-state index contributed by atoms with van der Waals surface area (Å²) in [7, 11) is 0. The zero-order valence-electron chi connectivity index (χ0n) is 12.0. The Labute approximate surface area is 131 Å². The van der Waals surface area contributed by atoms with E-state index in [4.69, 9.17) is 0 Å². The van der Waals surface area contributed by atoms with Crippen LogP contribution in [0.15, 0.2) is 24.3 Å². The number of hydrogen-bond acceptors (Lipinski definition) is 2. The summed E-state index contributed by atoms with van der Waals surface area (Å²) in [6, 6.07) is 6.35. The number of amides is 1. The molecule has 2 N–H and O–H groups in total. The first-order valence-electron chi connectivity index (χ1n) is 7.46. The molecule has 2 fully saturated rings. The van der Waals surface area contributed by atoms with Gasteiger partial charge in [0.15, 0.2) is 0 Å². The van der Waals surface area contributed by atoms with Crippen molar-refractivity contribution in [1.29, 1.82) is 0 Å². The van der Waals surface area contributed by atoms with Crippen molar-refractivity contribution in [3.63, 3.8) is 0 Å². The highest BCUT2D eigenvalue weighted by atomic mass is 35.5. The zero-order chi connectivity index (χ0) is 14.0. The lowest BCUT2D eigenvalue weighted by molar-refractivity contribution is -0.123. The Hall–Kier alpha value is -1.13. The lowest BCUT2D eigenvalue weighted by Gasteiger charge is -2.16. The van der Waals surface area contributed by atoms with Gasteiger partial charge in [-0.25, -0.2) is 4.39 Å². The highest BCUT2D eigenvalue weighted by molar-refractivity contribution is 5.91. The van der Waals surface area contributed by atoms with Crippen LogP contribution in [0.3, 0.4) is 0 Å². The van der Waals surface area contributed by atoms with E-state index in [1.807, 2.05) is 0 Å². The van der Waals surface area contributed by atoms with Gasteiger partial charge in [0, 0.05) is 6.54 Å². The van der Waals surface area contributed by atoms with Crippen molar-refractivity contribution in [2.24, 2.45) is 5.92 Å². The van der Waals surface area contributed by atoms with E-state index in [1.54, 1.807) is 12.1 Å².